The maximum Gasteiger partial charge on any atom is 0.229 e. The van der Waals surface area contributed by atoms with Crippen LogP contribution in [0.3, 0.4) is 0 Å². The van der Waals surface area contributed by atoms with Gasteiger partial charge in [-0.15, -0.1) is 0 Å². The average molecular weight is 397 g/mol. The molecule has 30 heavy (non-hydrogen) atoms. The normalized spacial score (nSPS) is 10.4. The molecule has 0 atom stereocenters. The zero-order valence-corrected chi connectivity index (χ0v) is 16.7. The molecule has 2 N–H and O–H groups in total. The summed E-state index contributed by atoms with van der Waals surface area (Å²) >= 11 is 0. The lowest BCUT2D eigenvalue weighted by molar-refractivity contribution is 0.342. The third-order valence-electron chi connectivity index (χ3n) is 4.41. The predicted octanol–water partition coefficient (Wildman–Crippen LogP) is 5.29. The van der Waals surface area contributed by atoms with Gasteiger partial charge in [-0.3, -0.25) is 4.98 Å². The highest BCUT2D eigenvalue weighted by atomic mass is 16.5. The van der Waals surface area contributed by atoms with E-state index in [1.165, 1.54) is 0 Å². The van der Waals surface area contributed by atoms with Crippen LogP contribution < -0.4 is 15.4 Å². The molecule has 0 aliphatic rings. The Balaban J connectivity index is 1.65. The van der Waals surface area contributed by atoms with Crippen molar-refractivity contribution in [1.29, 1.82) is 0 Å². The van der Waals surface area contributed by atoms with Crippen LogP contribution in [0.15, 0.2) is 85.1 Å². The Morgan fingerprint density at radius 1 is 0.867 bits per heavy atom. The summed E-state index contributed by atoms with van der Waals surface area (Å²) in [5.41, 5.74) is 3.60. The predicted molar refractivity (Wildman–Crippen MR) is 120 cm³/mol. The number of pyridine rings is 1. The molecule has 0 saturated heterocycles. The van der Waals surface area contributed by atoms with E-state index < -0.39 is 0 Å². The van der Waals surface area contributed by atoms with E-state index >= 15 is 0 Å². The van der Waals surface area contributed by atoms with Crippen LogP contribution >= 0.6 is 0 Å². The molecule has 0 radical (unpaired) electrons. The molecule has 0 aliphatic heterocycles. The monoisotopic (exact) mass is 397 g/mol. The molecule has 4 aromatic rings. The van der Waals surface area contributed by atoms with Crippen LogP contribution in [-0.4, -0.2) is 21.6 Å². The Hall–Kier alpha value is -3.93. The number of hydrogen-bond donors (Lipinski definition) is 2. The quantitative estimate of drug-likeness (QED) is 0.421. The van der Waals surface area contributed by atoms with Crippen LogP contribution in [0.4, 0.5) is 17.5 Å². The maximum absolute atomic E-state index is 5.72. The molecule has 150 valence electrons. The van der Waals surface area contributed by atoms with E-state index in [4.69, 9.17) is 9.72 Å². The highest BCUT2D eigenvalue weighted by Gasteiger charge is 2.10. The summed E-state index contributed by atoms with van der Waals surface area (Å²) in [6, 6.07) is 25.6. The highest BCUT2D eigenvalue weighted by Crippen LogP contribution is 2.28. The van der Waals surface area contributed by atoms with Crippen molar-refractivity contribution in [2.75, 3.05) is 17.2 Å². The summed E-state index contributed by atoms with van der Waals surface area (Å²) in [6.45, 7) is 3.12. The molecule has 4 rings (SSSR count). The van der Waals surface area contributed by atoms with Crippen LogP contribution in [0.2, 0.25) is 0 Å². The van der Waals surface area contributed by atoms with Gasteiger partial charge in [-0.2, -0.15) is 4.98 Å². The van der Waals surface area contributed by atoms with Gasteiger partial charge in [0.25, 0.3) is 0 Å². The zero-order valence-electron chi connectivity index (χ0n) is 16.7. The largest absolute Gasteiger partial charge is 0.492 e. The van der Waals surface area contributed by atoms with Gasteiger partial charge in [-0.1, -0.05) is 48.5 Å². The zero-order chi connectivity index (χ0) is 20.6. The third-order valence-corrected chi connectivity index (χ3v) is 4.41. The van der Waals surface area contributed by atoms with Crippen LogP contribution in [0, 0.1) is 0 Å². The number of ether oxygens (including phenoxy) is 1. The molecule has 2 aromatic carbocycles. The van der Waals surface area contributed by atoms with Crippen LogP contribution in [0.25, 0.3) is 11.3 Å². The second-order valence-corrected chi connectivity index (χ2v) is 6.56. The summed E-state index contributed by atoms with van der Waals surface area (Å²) in [5.74, 6) is 1.97. The lowest BCUT2D eigenvalue weighted by Gasteiger charge is -2.14. The SMILES string of the molecule is CCOc1ccccc1Nc1nc(NCc2ccccn2)cc(-c2ccccc2)n1. The summed E-state index contributed by atoms with van der Waals surface area (Å²) in [5, 5.41) is 6.66. The molecule has 0 fully saturated rings. The molecule has 0 amide bonds. The van der Waals surface area contributed by atoms with Crippen molar-refractivity contribution >= 4 is 17.5 Å². The number of para-hydroxylation sites is 2. The van der Waals surface area contributed by atoms with E-state index in [1.807, 2.05) is 85.8 Å². The van der Waals surface area contributed by atoms with Gasteiger partial charge in [0.1, 0.15) is 11.6 Å². The fourth-order valence-corrected chi connectivity index (χ4v) is 3.01. The van der Waals surface area contributed by atoms with E-state index in [2.05, 4.69) is 20.6 Å². The smallest absolute Gasteiger partial charge is 0.229 e. The van der Waals surface area contributed by atoms with Gasteiger partial charge in [0.05, 0.1) is 30.2 Å². The number of aromatic nitrogens is 3. The van der Waals surface area contributed by atoms with Crippen LogP contribution in [0.1, 0.15) is 12.6 Å². The second kappa shape index (κ2) is 9.52. The molecule has 0 aliphatic carbocycles. The number of benzene rings is 2. The molecule has 6 nitrogen and oxygen atoms in total. The maximum atomic E-state index is 5.72. The fraction of sp³-hybridized carbons (Fsp3) is 0.125. The Bertz CT molecular complexity index is 1090. The van der Waals surface area contributed by atoms with Crippen molar-refractivity contribution in [3.8, 4) is 17.0 Å². The minimum absolute atomic E-state index is 0.493. The lowest BCUT2D eigenvalue weighted by Crippen LogP contribution is -2.07. The first kappa shape index (κ1) is 19.4. The highest BCUT2D eigenvalue weighted by molar-refractivity contribution is 5.68. The van der Waals surface area contributed by atoms with E-state index in [0.717, 1.165) is 28.4 Å². The number of nitrogens with one attached hydrogen (secondary N) is 2. The number of rotatable bonds is 8. The van der Waals surface area contributed by atoms with E-state index in [-0.39, 0.29) is 0 Å². The van der Waals surface area contributed by atoms with Gasteiger partial charge < -0.3 is 15.4 Å². The number of hydrogen-bond acceptors (Lipinski definition) is 6. The fourth-order valence-electron chi connectivity index (χ4n) is 3.01. The van der Waals surface area contributed by atoms with Crippen molar-refractivity contribution in [3.05, 3.63) is 90.8 Å². The van der Waals surface area contributed by atoms with Crippen molar-refractivity contribution < 1.29 is 4.74 Å². The van der Waals surface area contributed by atoms with Gasteiger partial charge in [0.2, 0.25) is 5.95 Å². The average Bonchev–Trinajstić information content (AvgIpc) is 2.80. The summed E-state index contributed by atoms with van der Waals surface area (Å²) in [7, 11) is 0. The first-order chi connectivity index (χ1) is 14.8. The van der Waals surface area contributed by atoms with Gasteiger partial charge >= 0.3 is 0 Å². The van der Waals surface area contributed by atoms with Gasteiger partial charge in [-0.25, -0.2) is 4.98 Å². The molecule has 0 bridgehead atoms. The van der Waals surface area contributed by atoms with Gasteiger partial charge in [0.15, 0.2) is 0 Å². The van der Waals surface area contributed by atoms with Gasteiger partial charge in [0, 0.05) is 17.8 Å². The molecule has 0 unspecified atom stereocenters. The Kier molecular flexibility index (Phi) is 6.15. The van der Waals surface area contributed by atoms with Crippen molar-refractivity contribution in [2.45, 2.75) is 13.5 Å². The topological polar surface area (TPSA) is 72.0 Å². The van der Waals surface area contributed by atoms with Crippen LogP contribution in [0.5, 0.6) is 5.75 Å². The van der Waals surface area contributed by atoms with Crippen molar-refractivity contribution in [2.24, 2.45) is 0 Å². The van der Waals surface area contributed by atoms with Crippen molar-refractivity contribution in [1.82, 2.24) is 15.0 Å². The van der Waals surface area contributed by atoms with Crippen LogP contribution in [-0.2, 0) is 6.54 Å². The first-order valence-corrected chi connectivity index (χ1v) is 9.89. The summed E-state index contributed by atoms with van der Waals surface area (Å²) < 4.78 is 5.72. The Labute approximate surface area is 176 Å². The molecule has 6 heteroatoms. The van der Waals surface area contributed by atoms with Crippen molar-refractivity contribution in [3.63, 3.8) is 0 Å². The molecule has 2 heterocycles. The minimum atomic E-state index is 0.493. The molecular formula is C24H23N5O. The van der Waals surface area contributed by atoms with E-state index in [9.17, 15) is 0 Å². The molecule has 2 aromatic heterocycles. The van der Waals surface area contributed by atoms with E-state index in [1.54, 1.807) is 6.20 Å². The summed E-state index contributed by atoms with van der Waals surface area (Å²) in [6.07, 6.45) is 1.78. The van der Waals surface area contributed by atoms with E-state index in [0.29, 0.717) is 24.9 Å². The molecule has 0 spiro atoms. The summed E-state index contributed by atoms with van der Waals surface area (Å²) in [4.78, 5) is 13.7. The molecule has 0 saturated carbocycles. The third kappa shape index (κ3) is 4.91. The Morgan fingerprint density at radius 2 is 1.67 bits per heavy atom. The number of nitrogens with zero attached hydrogens (tertiary/aromatic N) is 3. The second-order valence-electron chi connectivity index (χ2n) is 6.56. The minimum Gasteiger partial charge on any atom is -0.492 e. The lowest BCUT2D eigenvalue weighted by atomic mass is 10.1. The first-order valence-electron chi connectivity index (χ1n) is 9.89. The van der Waals surface area contributed by atoms with Gasteiger partial charge in [-0.05, 0) is 31.2 Å². The number of anilines is 3. The standard InChI is InChI=1S/C24H23N5O/c1-2-30-22-14-7-6-13-20(22)27-24-28-21(18-10-4-3-5-11-18)16-23(29-24)26-17-19-12-8-9-15-25-19/h3-16H,2,17H2,1H3,(H2,26,27,28,29). The molecular weight excluding hydrogens is 374 g/mol. The Morgan fingerprint density at radius 3 is 2.47 bits per heavy atom.